The Morgan fingerprint density at radius 2 is 1.78 bits per heavy atom. The zero-order valence-corrected chi connectivity index (χ0v) is 12.6. The molecule has 6 nitrogen and oxygen atoms in total. The molecule has 2 aliphatic rings. The van der Waals surface area contributed by atoms with Gasteiger partial charge in [-0.25, -0.2) is 4.79 Å². The van der Waals surface area contributed by atoms with Crippen LogP contribution in [0, 0.1) is 33.8 Å². The number of hydrogen-bond donors (Lipinski definition) is 0. The summed E-state index contributed by atoms with van der Waals surface area (Å²) in [5.41, 5.74) is 0.647. The number of benzene rings is 1. The second-order valence-electron chi connectivity index (χ2n) is 5.88. The van der Waals surface area contributed by atoms with Gasteiger partial charge in [-0.05, 0) is 30.2 Å². The zero-order valence-electron chi connectivity index (χ0n) is 12.6. The molecule has 2 atom stereocenters. The van der Waals surface area contributed by atoms with Crippen molar-refractivity contribution in [3.05, 3.63) is 39.9 Å². The third kappa shape index (κ3) is 3.88. The quantitative estimate of drug-likeness (QED) is 0.361. The summed E-state index contributed by atoms with van der Waals surface area (Å²) in [6.45, 7) is 0. The van der Waals surface area contributed by atoms with Crippen molar-refractivity contribution in [3.63, 3.8) is 0 Å². The van der Waals surface area contributed by atoms with Gasteiger partial charge in [0.1, 0.15) is 6.10 Å². The number of nitrogens with zero attached hydrogens (tertiary/aromatic N) is 1. The largest absolute Gasteiger partial charge is 0.346 e. The van der Waals surface area contributed by atoms with E-state index in [0.717, 1.165) is 25.7 Å². The van der Waals surface area contributed by atoms with Gasteiger partial charge in [0.05, 0.1) is 11.3 Å². The van der Waals surface area contributed by atoms with E-state index in [9.17, 15) is 14.9 Å². The van der Waals surface area contributed by atoms with Crippen molar-refractivity contribution in [1.82, 2.24) is 0 Å². The molecule has 1 aromatic carbocycles. The van der Waals surface area contributed by atoms with Crippen molar-refractivity contribution >= 4 is 11.7 Å². The van der Waals surface area contributed by atoms with Crippen LogP contribution in [0.3, 0.4) is 0 Å². The van der Waals surface area contributed by atoms with Crippen LogP contribution in [0.1, 0.15) is 31.2 Å². The van der Waals surface area contributed by atoms with E-state index < -0.39 is 10.9 Å². The summed E-state index contributed by atoms with van der Waals surface area (Å²) in [5, 5.41) is 10.6. The number of carbonyl (C=O) groups excluding carboxylic acids is 1. The van der Waals surface area contributed by atoms with E-state index in [1.165, 1.54) is 12.1 Å². The SMILES string of the molecule is O=C(Cc1ccc([N+](=O)[O-])cc1)OOC1C2CCC#CCCC21. The van der Waals surface area contributed by atoms with Crippen LogP contribution in [-0.4, -0.2) is 17.0 Å². The van der Waals surface area contributed by atoms with Crippen molar-refractivity contribution in [3.8, 4) is 11.8 Å². The second kappa shape index (κ2) is 6.80. The summed E-state index contributed by atoms with van der Waals surface area (Å²) in [6, 6.07) is 5.82. The molecule has 6 heteroatoms. The number of carbonyl (C=O) groups is 1. The van der Waals surface area contributed by atoms with Crippen molar-refractivity contribution in [2.45, 2.75) is 38.2 Å². The Labute approximate surface area is 133 Å². The van der Waals surface area contributed by atoms with Crippen LogP contribution in [-0.2, 0) is 21.0 Å². The maximum absolute atomic E-state index is 11.8. The lowest BCUT2D eigenvalue weighted by atomic mass is 10.1. The first-order chi connectivity index (χ1) is 11.1. The molecule has 0 spiro atoms. The van der Waals surface area contributed by atoms with Gasteiger partial charge in [-0.2, -0.15) is 4.89 Å². The minimum Gasteiger partial charge on any atom is -0.298 e. The Kier molecular flexibility index (Phi) is 4.58. The highest BCUT2D eigenvalue weighted by Gasteiger charge is 2.52. The molecule has 3 rings (SSSR count). The molecule has 2 unspecified atom stereocenters. The number of non-ortho nitro benzene ring substituents is 1. The van der Waals surface area contributed by atoms with Crippen LogP contribution in [0.2, 0.25) is 0 Å². The van der Waals surface area contributed by atoms with Gasteiger partial charge in [-0.15, -0.1) is 11.8 Å². The summed E-state index contributed by atoms with van der Waals surface area (Å²) in [7, 11) is 0. The van der Waals surface area contributed by atoms with Crippen LogP contribution in [0.4, 0.5) is 5.69 Å². The summed E-state index contributed by atoms with van der Waals surface area (Å²) in [6.07, 6.45) is 3.74. The molecule has 0 N–H and O–H groups in total. The zero-order chi connectivity index (χ0) is 16.2. The Bertz CT molecular complexity index is 640. The van der Waals surface area contributed by atoms with Crippen molar-refractivity contribution in [2.24, 2.45) is 11.8 Å². The van der Waals surface area contributed by atoms with Crippen molar-refractivity contribution < 1.29 is 19.5 Å². The molecule has 0 heterocycles. The molecule has 0 radical (unpaired) electrons. The fourth-order valence-electron chi connectivity index (χ4n) is 3.00. The van der Waals surface area contributed by atoms with E-state index in [0.29, 0.717) is 17.4 Å². The van der Waals surface area contributed by atoms with Crippen LogP contribution < -0.4 is 0 Å². The average molecular weight is 315 g/mol. The molecule has 1 saturated carbocycles. The Morgan fingerprint density at radius 1 is 1.17 bits per heavy atom. The molecular formula is C17H17NO5. The molecule has 23 heavy (non-hydrogen) atoms. The summed E-state index contributed by atoms with van der Waals surface area (Å²) < 4.78 is 0. The van der Waals surface area contributed by atoms with Gasteiger partial charge < -0.3 is 0 Å². The van der Waals surface area contributed by atoms with Gasteiger partial charge in [0.2, 0.25) is 0 Å². The van der Waals surface area contributed by atoms with E-state index in [1.807, 2.05) is 0 Å². The fraction of sp³-hybridized carbons (Fsp3) is 0.471. The van der Waals surface area contributed by atoms with Gasteiger partial charge in [-0.1, -0.05) is 12.1 Å². The van der Waals surface area contributed by atoms with E-state index in [-0.39, 0.29) is 18.2 Å². The van der Waals surface area contributed by atoms with E-state index >= 15 is 0 Å². The molecule has 0 aliphatic heterocycles. The standard InChI is InChI=1S/C17H17NO5/c19-16(11-12-7-9-13(10-8-12)18(20)21)22-23-17-14-5-3-1-2-4-6-15(14)17/h7-10,14-15,17H,3-6,11H2. The maximum atomic E-state index is 11.8. The lowest BCUT2D eigenvalue weighted by Gasteiger charge is -2.03. The summed E-state index contributed by atoms with van der Waals surface area (Å²) in [4.78, 5) is 32.1. The predicted molar refractivity (Wildman–Crippen MR) is 81.0 cm³/mol. The molecule has 2 aliphatic carbocycles. The normalized spacial score (nSPS) is 25.1. The lowest BCUT2D eigenvalue weighted by Crippen LogP contribution is -2.11. The maximum Gasteiger partial charge on any atom is 0.346 e. The predicted octanol–water partition coefficient (Wildman–Crippen LogP) is 2.80. The minimum absolute atomic E-state index is 0.00484. The summed E-state index contributed by atoms with van der Waals surface area (Å²) in [5.74, 6) is 6.62. The van der Waals surface area contributed by atoms with Gasteiger partial charge in [0, 0.05) is 25.0 Å². The van der Waals surface area contributed by atoms with Crippen LogP contribution in [0.15, 0.2) is 24.3 Å². The molecular weight excluding hydrogens is 298 g/mol. The van der Waals surface area contributed by atoms with Gasteiger partial charge in [0.25, 0.3) is 5.69 Å². The highest BCUT2D eigenvalue weighted by Crippen LogP contribution is 2.48. The third-order valence-electron chi connectivity index (χ3n) is 4.33. The minimum atomic E-state index is -0.491. The number of fused-ring (bicyclic) bond motifs is 1. The Hall–Kier alpha value is -2.39. The highest BCUT2D eigenvalue weighted by molar-refractivity contribution is 5.72. The smallest absolute Gasteiger partial charge is 0.298 e. The molecule has 0 aromatic heterocycles. The van der Waals surface area contributed by atoms with Crippen molar-refractivity contribution in [1.29, 1.82) is 0 Å². The molecule has 1 aromatic rings. The van der Waals surface area contributed by atoms with Crippen LogP contribution >= 0.6 is 0 Å². The lowest BCUT2D eigenvalue weighted by molar-refractivity contribution is -0.384. The molecule has 0 saturated heterocycles. The monoisotopic (exact) mass is 315 g/mol. The molecule has 1 fully saturated rings. The van der Waals surface area contributed by atoms with E-state index in [4.69, 9.17) is 9.78 Å². The van der Waals surface area contributed by atoms with E-state index in [2.05, 4.69) is 11.8 Å². The summed E-state index contributed by atoms with van der Waals surface area (Å²) >= 11 is 0. The van der Waals surface area contributed by atoms with Gasteiger partial charge >= 0.3 is 5.97 Å². The van der Waals surface area contributed by atoms with Crippen LogP contribution in [0.5, 0.6) is 0 Å². The fourth-order valence-corrected chi connectivity index (χ4v) is 3.00. The molecule has 0 bridgehead atoms. The Morgan fingerprint density at radius 3 is 2.35 bits per heavy atom. The number of nitro benzene ring substituents is 1. The number of rotatable bonds is 5. The molecule has 0 amide bonds. The molecule has 120 valence electrons. The van der Waals surface area contributed by atoms with Crippen LogP contribution in [0.25, 0.3) is 0 Å². The highest BCUT2D eigenvalue weighted by atomic mass is 17.2. The topological polar surface area (TPSA) is 78.7 Å². The Balaban J connectivity index is 1.44. The number of hydrogen-bond acceptors (Lipinski definition) is 5. The number of nitro groups is 1. The third-order valence-corrected chi connectivity index (χ3v) is 4.33. The first-order valence-electron chi connectivity index (χ1n) is 7.70. The van der Waals surface area contributed by atoms with Crippen molar-refractivity contribution in [2.75, 3.05) is 0 Å². The first kappa shape index (κ1) is 15.5. The van der Waals surface area contributed by atoms with E-state index in [1.54, 1.807) is 12.1 Å². The van der Waals surface area contributed by atoms with Gasteiger partial charge in [-0.3, -0.25) is 15.0 Å². The second-order valence-corrected chi connectivity index (χ2v) is 5.88. The van der Waals surface area contributed by atoms with Gasteiger partial charge in [0.15, 0.2) is 0 Å². The average Bonchev–Trinajstić information content (AvgIpc) is 3.15. The first-order valence-corrected chi connectivity index (χ1v) is 7.70.